The summed E-state index contributed by atoms with van der Waals surface area (Å²) in [4.78, 5) is 14.9. The van der Waals surface area contributed by atoms with E-state index in [1.165, 1.54) is 11.1 Å². The summed E-state index contributed by atoms with van der Waals surface area (Å²) in [6.07, 6.45) is 0.848. The second-order valence-corrected chi connectivity index (χ2v) is 7.59. The molecule has 1 aliphatic heterocycles. The van der Waals surface area contributed by atoms with Crippen LogP contribution in [0.5, 0.6) is 11.5 Å². The Hall–Kier alpha value is -1.71. The highest BCUT2D eigenvalue weighted by Crippen LogP contribution is 2.42. The quantitative estimate of drug-likeness (QED) is 0.850. The van der Waals surface area contributed by atoms with Gasteiger partial charge in [-0.3, -0.25) is 4.79 Å². The normalized spacial score (nSPS) is 17.9. The second-order valence-electron chi connectivity index (χ2n) is 7.59. The number of ether oxygens (including phenoxy) is 2. The van der Waals surface area contributed by atoms with Crippen molar-refractivity contribution in [1.29, 1.82) is 0 Å². The molecule has 2 rings (SSSR count). The monoisotopic (exact) mass is 319 g/mol. The first-order valence-corrected chi connectivity index (χ1v) is 8.26. The topological polar surface area (TPSA) is 38.8 Å². The molecular formula is C19H29NO3. The minimum Gasteiger partial charge on any atom is -0.493 e. The maximum absolute atomic E-state index is 12.9. The summed E-state index contributed by atoms with van der Waals surface area (Å²) in [6, 6.07) is 4.17. The summed E-state index contributed by atoms with van der Waals surface area (Å²) in [6.45, 7) is 11.0. The van der Waals surface area contributed by atoms with Crippen LogP contribution in [0.25, 0.3) is 0 Å². The summed E-state index contributed by atoms with van der Waals surface area (Å²) in [5.74, 6) is 2.02. The smallest absolute Gasteiger partial charge is 0.228 e. The minimum absolute atomic E-state index is 0.0743. The van der Waals surface area contributed by atoms with Crippen LogP contribution < -0.4 is 9.47 Å². The van der Waals surface area contributed by atoms with Crippen molar-refractivity contribution in [3.63, 3.8) is 0 Å². The van der Waals surface area contributed by atoms with Crippen LogP contribution in [-0.2, 0) is 11.2 Å². The van der Waals surface area contributed by atoms with Gasteiger partial charge in [-0.05, 0) is 35.6 Å². The van der Waals surface area contributed by atoms with Gasteiger partial charge in [0, 0.05) is 12.0 Å². The lowest BCUT2D eigenvalue weighted by atomic mass is 9.83. The van der Waals surface area contributed by atoms with Crippen molar-refractivity contribution in [3.8, 4) is 11.5 Å². The maximum atomic E-state index is 12.9. The number of methoxy groups -OCH3 is 2. The van der Waals surface area contributed by atoms with E-state index in [0.717, 1.165) is 24.5 Å². The summed E-state index contributed by atoms with van der Waals surface area (Å²) in [5.41, 5.74) is 2.06. The van der Waals surface area contributed by atoms with Crippen LogP contribution in [-0.4, -0.2) is 31.6 Å². The molecule has 1 aromatic rings. The SMILES string of the molecule is COc1cc2c(cc1OC)C(C(C)C)N(C(=O)C(C)(C)C)CC2. The van der Waals surface area contributed by atoms with E-state index < -0.39 is 0 Å². The molecule has 128 valence electrons. The van der Waals surface area contributed by atoms with Gasteiger partial charge in [0.05, 0.1) is 20.3 Å². The van der Waals surface area contributed by atoms with E-state index in [1.807, 2.05) is 31.7 Å². The predicted molar refractivity (Wildman–Crippen MR) is 92.0 cm³/mol. The Kier molecular flexibility index (Phi) is 4.92. The highest BCUT2D eigenvalue weighted by Gasteiger charge is 2.37. The van der Waals surface area contributed by atoms with Crippen molar-refractivity contribution in [3.05, 3.63) is 23.3 Å². The molecule has 0 spiro atoms. The first-order valence-electron chi connectivity index (χ1n) is 8.26. The average molecular weight is 319 g/mol. The minimum atomic E-state index is -0.374. The Morgan fingerprint density at radius 1 is 1.17 bits per heavy atom. The van der Waals surface area contributed by atoms with Crippen molar-refractivity contribution < 1.29 is 14.3 Å². The van der Waals surface area contributed by atoms with Gasteiger partial charge in [0.15, 0.2) is 11.5 Å². The molecule has 0 radical (unpaired) electrons. The van der Waals surface area contributed by atoms with E-state index in [0.29, 0.717) is 5.92 Å². The fourth-order valence-corrected chi connectivity index (χ4v) is 3.35. The molecule has 0 bridgehead atoms. The third kappa shape index (κ3) is 3.31. The van der Waals surface area contributed by atoms with Crippen molar-refractivity contribution in [1.82, 2.24) is 4.90 Å². The van der Waals surface area contributed by atoms with E-state index in [2.05, 4.69) is 19.9 Å². The van der Waals surface area contributed by atoms with Crippen molar-refractivity contribution in [2.75, 3.05) is 20.8 Å². The van der Waals surface area contributed by atoms with Gasteiger partial charge < -0.3 is 14.4 Å². The number of hydrogen-bond donors (Lipinski definition) is 0. The van der Waals surface area contributed by atoms with Gasteiger partial charge in [0.1, 0.15) is 0 Å². The molecule has 1 amide bonds. The van der Waals surface area contributed by atoms with Crippen LogP contribution >= 0.6 is 0 Å². The lowest BCUT2D eigenvalue weighted by Gasteiger charge is -2.42. The molecule has 1 atom stereocenters. The van der Waals surface area contributed by atoms with Crippen molar-refractivity contribution >= 4 is 5.91 Å². The number of rotatable bonds is 3. The predicted octanol–water partition coefficient (Wildman–Crippen LogP) is 3.83. The van der Waals surface area contributed by atoms with E-state index in [-0.39, 0.29) is 17.4 Å². The molecule has 0 fully saturated rings. The molecule has 0 aliphatic carbocycles. The summed E-state index contributed by atoms with van der Waals surface area (Å²) in [5, 5.41) is 0. The average Bonchev–Trinajstić information content (AvgIpc) is 2.50. The molecule has 0 N–H and O–H groups in total. The van der Waals surface area contributed by atoms with E-state index in [9.17, 15) is 4.79 Å². The third-order valence-electron chi connectivity index (χ3n) is 4.46. The highest BCUT2D eigenvalue weighted by atomic mass is 16.5. The van der Waals surface area contributed by atoms with E-state index in [1.54, 1.807) is 14.2 Å². The van der Waals surface area contributed by atoms with Crippen LogP contribution in [0, 0.1) is 11.3 Å². The molecule has 1 unspecified atom stereocenters. The van der Waals surface area contributed by atoms with Gasteiger partial charge in [-0.1, -0.05) is 34.6 Å². The lowest BCUT2D eigenvalue weighted by molar-refractivity contribution is -0.143. The molecule has 0 saturated carbocycles. The van der Waals surface area contributed by atoms with Crippen molar-refractivity contribution in [2.24, 2.45) is 11.3 Å². The number of nitrogens with zero attached hydrogens (tertiary/aromatic N) is 1. The van der Waals surface area contributed by atoms with E-state index >= 15 is 0 Å². The molecule has 4 heteroatoms. The Balaban J connectivity index is 2.52. The molecule has 4 nitrogen and oxygen atoms in total. The summed E-state index contributed by atoms with van der Waals surface area (Å²) in [7, 11) is 3.30. The van der Waals surface area contributed by atoms with E-state index in [4.69, 9.17) is 9.47 Å². The number of fused-ring (bicyclic) bond motifs is 1. The zero-order valence-electron chi connectivity index (χ0n) is 15.4. The molecular weight excluding hydrogens is 290 g/mol. The molecule has 0 aromatic heterocycles. The van der Waals surface area contributed by atoms with Crippen LogP contribution in [0.2, 0.25) is 0 Å². The zero-order valence-corrected chi connectivity index (χ0v) is 15.4. The fourth-order valence-electron chi connectivity index (χ4n) is 3.35. The fraction of sp³-hybridized carbons (Fsp3) is 0.632. The highest BCUT2D eigenvalue weighted by molar-refractivity contribution is 5.82. The maximum Gasteiger partial charge on any atom is 0.228 e. The first-order chi connectivity index (χ1) is 10.7. The van der Waals surface area contributed by atoms with Crippen LogP contribution in [0.3, 0.4) is 0 Å². The van der Waals surface area contributed by atoms with Crippen LogP contribution in [0.15, 0.2) is 12.1 Å². The number of carbonyl (C=O) groups excluding carboxylic acids is 1. The first kappa shape index (κ1) is 17.6. The molecule has 23 heavy (non-hydrogen) atoms. The Labute approximate surface area is 139 Å². The Bertz CT molecular complexity index is 587. The molecule has 1 aliphatic rings. The summed E-state index contributed by atoms with van der Waals surface area (Å²) < 4.78 is 10.9. The van der Waals surface area contributed by atoms with Crippen molar-refractivity contribution in [2.45, 2.75) is 47.1 Å². The number of amides is 1. The molecule has 1 heterocycles. The van der Waals surface area contributed by atoms with Gasteiger partial charge >= 0.3 is 0 Å². The summed E-state index contributed by atoms with van der Waals surface area (Å²) >= 11 is 0. The number of benzene rings is 1. The lowest BCUT2D eigenvalue weighted by Crippen LogP contribution is -2.47. The van der Waals surface area contributed by atoms with Gasteiger partial charge in [-0.25, -0.2) is 0 Å². The van der Waals surface area contributed by atoms with Crippen LogP contribution in [0.1, 0.15) is 51.8 Å². The number of carbonyl (C=O) groups is 1. The Morgan fingerprint density at radius 2 is 1.74 bits per heavy atom. The third-order valence-corrected chi connectivity index (χ3v) is 4.46. The standard InChI is InChI=1S/C19H29NO3/c1-12(2)17-14-11-16(23-7)15(22-6)10-13(14)8-9-20(17)18(21)19(3,4)5/h10-12,17H,8-9H2,1-7H3. The van der Waals surface area contributed by atoms with Gasteiger partial charge in [-0.2, -0.15) is 0 Å². The van der Waals surface area contributed by atoms with Gasteiger partial charge in [0.2, 0.25) is 5.91 Å². The second kappa shape index (κ2) is 6.42. The van der Waals surface area contributed by atoms with Gasteiger partial charge in [0.25, 0.3) is 0 Å². The molecule has 1 aromatic carbocycles. The molecule has 0 saturated heterocycles. The van der Waals surface area contributed by atoms with Crippen LogP contribution in [0.4, 0.5) is 0 Å². The van der Waals surface area contributed by atoms with Gasteiger partial charge in [-0.15, -0.1) is 0 Å². The Morgan fingerprint density at radius 3 is 2.22 bits per heavy atom. The zero-order chi connectivity index (χ0) is 17.4. The number of hydrogen-bond acceptors (Lipinski definition) is 3. The largest absolute Gasteiger partial charge is 0.493 e.